The molecule has 0 spiro atoms. The predicted octanol–water partition coefficient (Wildman–Crippen LogP) is 3.59. The van der Waals surface area contributed by atoms with E-state index in [1.54, 1.807) is 31.4 Å². The lowest BCUT2D eigenvalue weighted by molar-refractivity contribution is -0.120. The highest BCUT2D eigenvalue weighted by Crippen LogP contribution is 2.30. The van der Waals surface area contributed by atoms with Crippen LogP contribution >= 0.6 is 0 Å². The van der Waals surface area contributed by atoms with E-state index in [-0.39, 0.29) is 17.9 Å². The van der Waals surface area contributed by atoms with Crippen molar-refractivity contribution >= 4 is 21.6 Å². The van der Waals surface area contributed by atoms with E-state index in [1.165, 1.54) is 16.4 Å². The topological polar surface area (TPSA) is 75.7 Å². The van der Waals surface area contributed by atoms with E-state index in [9.17, 15) is 17.6 Å². The molecule has 0 radical (unpaired) electrons. The van der Waals surface area contributed by atoms with Crippen LogP contribution in [0.3, 0.4) is 0 Å². The van der Waals surface area contributed by atoms with Crippen LogP contribution in [-0.2, 0) is 27.8 Å². The monoisotopic (exact) mass is 440 g/mol. The third-order valence-electron chi connectivity index (χ3n) is 5.29. The van der Waals surface area contributed by atoms with Crippen LogP contribution in [0.4, 0.5) is 10.1 Å². The smallest absolute Gasteiger partial charge is 0.244 e. The van der Waals surface area contributed by atoms with Gasteiger partial charge in [0.15, 0.2) is 0 Å². The summed E-state index contributed by atoms with van der Waals surface area (Å²) in [6, 6.07) is 17.9. The second-order valence-electron chi connectivity index (χ2n) is 7.21. The van der Waals surface area contributed by atoms with Gasteiger partial charge in [0, 0.05) is 12.2 Å². The molecule has 0 fully saturated rings. The number of amides is 1. The van der Waals surface area contributed by atoms with Crippen molar-refractivity contribution < 1.29 is 22.3 Å². The number of methoxy groups -OCH3 is 1. The average molecular weight is 440 g/mol. The van der Waals surface area contributed by atoms with E-state index in [4.69, 9.17) is 4.74 Å². The van der Waals surface area contributed by atoms with Crippen molar-refractivity contribution in [2.24, 2.45) is 0 Å². The standard InChI is InChI=1S/C23H21FN2O4S/c1-30-20-10-8-19(9-11-20)25-23(27)22-14-16-4-2-3-5-17(16)15-26(22)31(28,29)21-12-6-18(24)7-13-21/h2-13,22H,14-15H2,1H3,(H,25,27)/t22-/m1/s1. The quantitative estimate of drug-likeness (QED) is 0.658. The number of carbonyl (C=O) groups is 1. The molecule has 0 unspecified atom stereocenters. The lowest BCUT2D eigenvalue weighted by Gasteiger charge is -2.35. The van der Waals surface area contributed by atoms with Gasteiger partial charge in [-0.25, -0.2) is 12.8 Å². The van der Waals surface area contributed by atoms with Gasteiger partial charge in [-0.2, -0.15) is 4.31 Å². The van der Waals surface area contributed by atoms with E-state index in [0.717, 1.165) is 23.3 Å². The summed E-state index contributed by atoms with van der Waals surface area (Å²) < 4.78 is 46.4. The van der Waals surface area contributed by atoms with E-state index in [1.807, 2.05) is 24.3 Å². The average Bonchev–Trinajstić information content (AvgIpc) is 2.79. The summed E-state index contributed by atoms with van der Waals surface area (Å²) in [4.78, 5) is 13.1. The first-order valence-electron chi connectivity index (χ1n) is 9.67. The molecule has 31 heavy (non-hydrogen) atoms. The molecule has 8 heteroatoms. The molecule has 6 nitrogen and oxygen atoms in total. The molecule has 1 heterocycles. The molecule has 3 aromatic rings. The number of anilines is 1. The van der Waals surface area contributed by atoms with Crippen LogP contribution in [0.15, 0.2) is 77.7 Å². The maximum Gasteiger partial charge on any atom is 0.244 e. The highest BCUT2D eigenvalue weighted by Gasteiger charge is 2.39. The SMILES string of the molecule is COc1ccc(NC(=O)[C@H]2Cc3ccccc3CN2S(=O)(=O)c2ccc(F)cc2)cc1. The Balaban J connectivity index is 1.68. The molecule has 160 valence electrons. The summed E-state index contributed by atoms with van der Waals surface area (Å²) in [6.07, 6.45) is 0.235. The normalized spacial score (nSPS) is 16.4. The third kappa shape index (κ3) is 4.30. The highest BCUT2D eigenvalue weighted by molar-refractivity contribution is 7.89. The van der Waals surface area contributed by atoms with Crippen LogP contribution < -0.4 is 10.1 Å². The van der Waals surface area contributed by atoms with Crippen molar-refractivity contribution in [1.82, 2.24) is 4.31 Å². The van der Waals surface area contributed by atoms with E-state index < -0.39 is 27.8 Å². The number of benzene rings is 3. The van der Waals surface area contributed by atoms with Gasteiger partial charge in [0.2, 0.25) is 15.9 Å². The van der Waals surface area contributed by atoms with Crippen LogP contribution in [0.25, 0.3) is 0 Å². The molecule has 0 saturated carbocycles. The Labute approximate surface area is 180 Å². The summed E-state index contributed by atoms with van der Waals surface area (Å²) in [7, 11) is -2.49. The lowest BCUT2D eigenvalue weighted by Crippen LogP contribution is -2.50. The van der Waals surface area contributed by atoms with Gasteiger partial charge in [0.25, 0.3) is 0 Å². The number of carbonyl (C=O) groups excluding carboxylic acids is 1. The van der Waals surface area contributed by atoms with E-state index in [2.05, 4.69) is 5.32 Å². The lowest BCUT2D eigenvalue weighted by atomic mass is 9.95. The Kier molecular flexibility index (Phi) is 5.75. The Morgan fingerprint density at radius 3 is 2.29 bits per heavy atom. The van der Waals surface area contributed by atoms with E-state index >= 15 is 0 Å². The van der Waals surface area contributed by atoms with Gasteiger partial charge < -0.3 is 10.1 Å². The molecule has 1 aliphatic heterocycles. The Morgan fingerprint density at radius 1 is 1.00 bits per heavy atom. The predicted molar refractivity (Wildman–Crippen MR) is 115 cm³/mol. The molecule has 0 saturated heterocycles. The van der Waals surface area contributed by atoms with E-state index in [0.29, 0.717) is 11.4 Å². The van der Waals surface area contributed by atoms with Crippen LogP contribution in [0, 0.1) is 5.82 Å². The zero-order valence-corrected chi connectivity index (χ0v) is 17.6. The summed E-state index contributed by atoms with van der Waals surface area (Å²) in [5.74, 6) is -0.327. The molecule has 4 rings (SSSR count). The second kappa shape index (κ2) is 8.49. The minimum atomic E-state index is -4.03. The van der Waals surface area contributed by atoms with Crippen molar-refractivity contribution in [3.8, 4) is 5.75 Å². The van der Waals surface area contributed by atoms with Crippen molar-refractivity contribution in [2.45, 2.75) is 23.9 Å². The number of halogens is 1. The van der Waals surface area contributed by atoms with Crippen molar-refractivity contribution in [3.05, 3.63) is 89.7 Å². The number of fused-ring (bicyclic) bond motifs is 1. The molecule has 1 amide bonds. The highest BCUT2D eigenvalue weighted by atomic mass is 32.2. The van der Waals surface area contributed by atoms with Crippen molar-refractivity contribution in [1.29, 1.82) is 0 Å². The molecule has 3 aromatic carbocycles. The Hall–Kier alpha value is -3.23. The number of nitrogens with one attached hydrogen (secondary N) is 1. The van der Waals surface area contributed by atoms with Crippen LogP contribution in [-0.4, -0.2) is 31.8 Å². The van der Waals surface area contributed by atoms with Crippen molar-refractivity contribution in [2.75, 3.05) is 12.4 Å². The molecule has 1 atom stereocenters. The van der Waals surface area contributed by atoms with Gasteiger partial charge in [0.1, 0.15) is 17.6 Å². The molecule has 1 aliphatic rings. The zero-order chi connectivity index (χ0) is 22.0. The summed E-state index contributed by atoms with van der Waals surface area (Å²) in [5, 5.41) is 2.80. The maximum atomic E-state index is 13.4. The number of sulfonamides is 1. The van der Waals surface area contributed by atoms with Crippen LogP contribution in [0.5, 0.6) is 5.75 Å². The first kappa shape index (κ1) is 21.0. The molecule has 1 N–H and O–H groups in total. The van der Waals surface area contributed by atoms with Gasteiger partial charge in [-0.05, 0) is 66.1 Å². The molecular weight excluding hydrogens is 419 g/mol. The fourth-order valence-electron chi connectivity index (χ4n) is 3.62. The van der Waals surface area contributed by atoms with Gasteiger partial charge in [-0.1, -0.05) is 24.3 Å². The molecule has 0 bridgehead atoms. The minimum Gasteiger partial charge on any atom is -0.497 e. The van der Waals surface area contributed by atoms with Gasteiger partial charge in [0.05, 0.1) is 12.0 Å². The number of hydrogen-bond donors (Lipinski definition) is 1. The largest absolute Gasteiger partial charge is 0.497 e. The zero-order valence-electron chi connectivity index (χ0n) is 16.8. The van der Waals surface area contributed by atoms with Gasteiger partial charge in [-0.15, -0.1) is 0 Å². The fraction of sp³-hybridized carbons (Fsp3) is 0.174. The van der Waals surface area contributed by atoms with Crippen LogP contribution in [0.2, 0.25) is 0 Å². The summed E-state index contributed by atoms with van der Waals surface area (Å²) >= 11 is 0. The third-order valence-corrected chi connectivity index (χ3v) is 7.15. The minimum absolute atomic E-state index is 0.0522. The fourth-order valence-corrected chi connectivity index (χ4v) is 5.18. The van der Waals surface area contributed by atoms with Crippen LogP contribution in [0.1, 0.15) is 11.1 Å². The number of ether oxygens (including phenoxy) is 1. The number of hydrogen-bond acceptors (Lipinski definition) is 4. The van der Waals surface area contributed by atoms with Crippen molar-refractivity contribution in [3.63, 3.8) is 0 Å². The number of rotatable bonds is 5. The Bertz CT molecular complexity index is 1200. The summed E-state index contributed by atoms with van der Waals surface area (Å²) in [6.45, 7) is 0.0522. The molecule has 0 aromatic heterocycles. The second-order valence-corrected chi connectivity index (χ2v) is 9.10. The van der Waals surface area contributed by atoms with Gasteiger partial charge >= 0.3 is 0 Å². The Morgan fingerprint density at radius 2 is 1.65 bits per heavy atom. The maximum absolute atomic E-state index is 13.4. The first-order chi connectivity index (χ1) is 14.9. The van der Waals surface area contributed by atoms with Gasteiger partial charge in [-0.3, -0.25) is 4.79 Å². The molecular formula is C23H21FN2O4S. The first-order valence-corrected chi connectivity index (χ1v) is 11.1. The number of nitrogens with zero attached hydrogens (tertiary/aromatic N) is 1. The summed E-state index contributed by atoms with van der Waals surface area (Å²) in [5.41, 5.74) is 2.29. The molecule has 0 aliphatic carbocycles.